The molecule has 33 heavy (non-hydrogen) atoms. The summed E-state index contributed by atoms with van der Waals surface area (Å²) in [6.45, 7) is 2.85. The van der Waals surface area contributed by atoms with Crippen molar-refractivity contribution in [2.24, 2.45) is 7.05 Å². The summed E-state index contributed by atoms with van der Waals surface area (Å²) < 4.78 is 3.52. The maximum Gasteiger partial charge on any atom is 0.320 e. The van der Waals surface area contributed by atoms with E-state index < -0.39 is 0 Å². The summed E-state index contributed by atoms with van der Waals surface area (Å²) in [5.41, 5.74) is 5.72. The van der Waals surface area contributed by atoms with Crippen LogP contribution in [-0.4, -0.2) is 39.2 Å². The van der Waals surface area contributed by atoms with E-state index in [1.807, 2.05) is 62.6 Å². The van der Waals surface area contributed by atoms with Crippen LogP contribution in [0.4, 0.5) is 16.3 Å². The normalized spacial score (nSPS) is 15.2. The second-order valence-electron chi connectivity index (χ2n) is 8.39. The molecule has 2 aromatic carbocycles. The summed E-state index contributed by atoms with van der Waals surface area (Å²) in [7, 11) is 3.95. The number of carbonyl (C=O) groups excluding carboxylic acids is 1. The lowest BCUT2D eigenvalue weighted by Gasteiger charge is -2.33. The van der Waals surface area contributed by atoms with Crippen molar-refractivity contribution < 1.29 is 4.79 Å². The Bertz CT molecular complexity index is 1290. The van der Waals surface area contributed by atoms with Gasteiger partial charge in [0, 0.05) is 43.7 Å². The van der Waals surface area contributed by atoms with Gasteiger partial charge in [0.15, 0.2) is 0 Å². The molecule has 0 saturated heterocycles. The lowest BCUT2D eigenvalue weighted by molar-refractivity contribution is 0.247. The number of aryl methyl sites for hydroxylation is 1. The van der Waals surface area contributed by atoms with Crippen LogP contribution in [0.3, 0.4) is 0 Å². The summed E-state index contributed by atoms with van der Waals surface area (Å²) in [6, 6.07) is 17.7. The Morgan fingerprint density at radius 2 is 1.82 bits per heavy atom. The van der Waals surface area contributed by atoms with Gasteiger partial charge in [-0.1, -0.05) is 36.4 Å². The zero-order valence-electron chi connectivity index (χ0n) is 19.0. The number of carbonyl (C=O) groups is 1. The molecule has 0 bridgehead atoms. The monoisotopic (exact) mass is 441 g/mol. The predicted molar refractivity (Wildman–Crippen MR) is 130 cm³/mol. The third-order valence-corrected chi connectivity index (χ3v) is 6.12. The molecule has 0 radical (unpaired) electrons. The minimum atomic E-state index is -0.253. The number of benzene rings is 2. The first-order valence-electron chi connectivity index (χ1n) is 11.0. The number of anilines is 2. The van der Waals surface area contributed by atoms with Crippen molar-refractivity contribution in [2.45, 2.75) is 19.4 Å². The van der Waals surface area contributed by atoms with Gasteiger partial charge in [-0.05, 0) is 37.1 Å². The van der Waals surface area contributed by atoms with Crippen molar-refractivity contribution in [2.75, 3.05) is 23.8 Å². The molecule has 2 aromatic heterocycles. The lowest BCUT2D eigenvalue weighted by Crippen LogP contribution is -2.38. The lowest BCUT2D eigenvalue weighted by atomic mass is 9.97. The molecule has 1 aliphatic heterocycles. The zero-order chi connectivity index (χ0) is 22.9. The van der Waals surface area contributed by atoms with Gasteiger partial charge < -0.3 is 10.2 Å². The highest BCUT2D eigenvalue weighted by molar-refractivity contribution is 5.91. The number of fused-ring (bicyclic) bond motifs is 1. The topological polar surface area (TPSA) is 80.0 Å². The third kappa shape index (κ3) is 3.95. The first-order chi connectivity index (χ1) is 16.0. The fraction of sp³-hybridized carbons (Fsp3) is 0.240. The molecule has 1 unspecified atom stereocenters. The van der Waals surface area contributed by atoms with Crippen LogP contribution < -0.4 is 15.5 Å². The van der Waals surface area contributed by atoms with E-state index in [0.717, 1.165) is 46.7 Å². The fourth-order valence-corrected chi connectivity index (χ4v) is 4.40. The molecule has 0 aliphatic carbocycles. The molecule has 168 valence electrons. The standard InChI is InChI=1S/C25H27N7O/c1-17-23(18-15-26-31(3)16-18)29-32(19-9-5-4-6-10-19)24(17)28-25(33)27-21-13-14-30(2)22-12-8-7-11-20(21)22/h4-12,15-16,21H,13-14H2,1-3H3,(H2,27,28,33). The quantitative estimate of drug-likeness (QED) is 0.495. The number of aromatic nitrogens is 4. The van der Waals surface area contributed by atoms with Crippen LogP contribution in [0, 0.1) is 6.92 Å². The summed E-state index contributed by atoms with van der Waals surface area (Å²) in [5.74, 6) is 0.638. The Morgan fingerprint density at radius 1 is 1.06 bits per heavy atom. The maximum atomic E-state index is 13.2. The van der Waals surface area contributed by atoms with Crippen LogP contribution in [0.1, 0.15) is 23.6 Å². The first-order valence-corrected chi connectivity index (χ1v) is 11.0. The molecule has 2 amide bonds. The van der Waals surface area contributed by atoms with E-state index in [1.54, 1.807) is 15.6 Å². The summed E-state index contributed by atoms with van der Waals surface area (Å²) in [5, 5.41) is 15.3. The van der Waals surface area contributed by atoms with Crippen LogP contribution in [0.15, 0.2) is 67.0 Å². The molecule has 2 N–H and O–H groups in total. The molecule has 8 nitrogen and oxygen atoms in total. The van der Waals surface area contributed by atoms with E-state index in [2.05, 4.69) is 39.8 Å². The number of amides is 2. The molecule has 5 rings (SSSR count). The second-order valence-corrected chi connectivity index (χ2v) is 8.39. The molecule has 0 spiro atoms. The van der Waals surface area contributed by atoms with E-state index in [4.69, 9.17) is 5.10 Å². The summed E-state index contributed by atoms with van der Waals surface area (Å²) in [6.07, 6.45) is 4.55. The molecular weight excluding hydrogens is 414 g/mol. The highest BCUT2D eigenvalue weighted by atomic mass is 16.2. The van der Waals surface area contributed by atoms with Crippen LogP contribution >= 0.6 is 0 Å². The van der Waals surface area contributed by atoms with E-state index in [9.17, 15) is 4.79 Å². The summed E-state index contributed by atoms with van der Waals surface area (Å²) in [4.78, 5) is 15.4. The minimum Gasteiger partial charge on any atom is -0.374 e. The number of para-hydroxylation sites is 2. The van der Waals surface area contributed by atoms with Crippen LogP contribution in [0.5, 0.6) is 0 Å². The number of rotatable bonds is 4. The van der Waals surface area contributed by atoms with Crippen molar-refractivity contribution in [1.29, 1.82) is 0 Å². The predicted octanol–water partition coefficient (Wildman–Crippen LogP) is 4.28. The number of hydrogen-bond donors (Lipinski definition) is 2. The average Bonchev–Trinajstić information content (AvgIpc) is 3.40. The minimum absolute atomic E-state index is 0.0522. The highest BCUT2D eigenvalue weighted by Gasteiger charge is 2.26. The Kier molecular flexibility index (Phi) is 5.34. The number of hydrogen-bond acceptors (Lipinski definition) is 4. The van der Waals surface area contributed by atoms with Crippen molar-refractivity contribution in [3.63, 3.8) is 0 Å². The van der Waals surface area contributed by atoms with Gasteiger partial charge in [-0.15, -0.1) is 0 Å². The van der Waals surface area contributed by atoms with E-state index >= 15 is 0 Å². The van der Waals surface area contributed by atoms with Gasteiger partial charge >= 0.3 is 6.03 Å². The third-order valence-electron chi connectivity index (χ3n) is 6.12. The molecule has 8 heteroatoms. The second kappa shape index (κ2) is 8.46. The van der Waals surface area contributed by atoms with Gasteiger partial charge in [0.1, 0.15) is 11.5 Å². The van der Waals surface area contributed by atoms with Crippen molar-refractivity contribution in [3.05, 3.63) is 78.1 Å². The summed E-state index contributed by atoms with van der Waals surface area (Å²) >= 11 is 0. The number of urea groups is 1. The van der Waals surface area contributed by atoms with Gasteiger partial charge in [-0.3, -0.25) is 10.00 Å². The smallest absolute Gasteiger partial charge is 0.320 e. The Morgan fingerprint density at radius 3 is 2.58 bits per heavy atom. The van der Waals surface area contributed by atoms with Gasteiger partial charge in [-0.25, -0.2) is 9.48 Å². The van der Waals surface area contributed by atoms with E-state index in [0.29, 0.717) is 5.82 Å². The van der Waals surface area contributed by atoms with E-state index in [-0.39, 0.29) is 12.1 Å². The maximum absolute atomic E-state index is 13.2. The Hall–Kier alpha value is -4.07. The van der Waals surface area contributed by atoms with Crippen molar-refractivity contribution in [1.82, 2.24) is 24.9 Å². The van der Waals surface area contributed by atoms with Gasteiger partial charge in [-0.2, -0.15) is 10.2 Å². The molecular formula is C25H27N7O. The number of nitrogens with zero attached hydrogens (tertiary/aromatic N) is 5. The molecule has 1 aliphatic rings. The Balaban J connectivity index is 1.46. The number of nitrogens with one attached hydrogen (secondary N) is 2. The van der Waals surface area contributed by atoms with Crippen LogP contribution in [0.2, 0.25) is 0 Å². The highest BCUT2D eigenvalue weighted by Crippen LogP contribution is 2.33. The van der Waals surface area contributed by atoms with Gasteiger partial charge in [0.2, 0.25) is 0 Å². The fourth-order valence-electron chi connectivity index (χ4n) is 4.40. The molecule has 1 atom stereocenters. The van der Waals surface area contributed by atoms with Crippen LogP contribution in [0.25, 0.3) is 16.9 Å². The van der Waals surface area contributed by atoms with Gasteiger partial charge in [0.25, 0.3) is 0 Å². The molecule has 3 heterocycles. The first kappa shape index (κ1) is 20.8. The average molecular weight is 442 g/mol. The zero-order valence-corrected chi connectivity index (χ0v) is 19.0. The van der Waals surface area contributed by atoms with Gasteiger partial charge in [0.05, 0.1) is 17.9 Å². The molecule has 0 saturated carbocycles. The Labute approximate surface area is 192 Å². The molecule has 0 fully saturated rings. The molecule has 4 aromatic rings. The van der Waals surface area contributed by atoms with E-state index in [1.165, 1.54) is 0 Å². The SMILES string of the molecule is Cc1c(-c2cnn(C)c2)nn(-c2ccccc2)c1NC(=O)NC1CCN(C)c2ccccc21. The largest absolute Gasteiger partial charge is 0.374 e. The van der Waals surface area contributed by atoms with Crippen LogP contribution in [-0.2, 0) is 7.05 Å². The van der Waals surface area contributed by atoms with Crippen molar-refractivity contribution in [3.8, 4) is 16.9 Å². The van der Waals surface area contributed by atoms with Crippen molar-refractivity contribution >= 4 is 17.5 Å².